The maximum Gasteiger partial charge on any atom is 0.123 e. The van der Waals surface area contributed by atoms with E-state index in [0.717, 1.165) is 21.5 Å². The van der Waals surface area contributed by atoms with Gasteiger partial charge in [0.15, 0.2) is 0 Å². The minimum Gasteiger partial charge on any atom is -0.508 e. The van der Waals surface area contributed by atoms with Crippen molar-refractivity contribution < 1.29 is 15.3 Å². The highest BCUT2D eigenvalue weighted by atomic mass is 16.3. The Hall–Kier alpha value is -4.76. The molecule has 0 heterocycles. The first-order chi connectivity index (χ1) is 18.3. The summed E-state index contributed by atoms with van der Waals surface area (Å²) in [5.41, 5.74) is 2.45. The lowest BCUT2D eigenvalue weighted by molar-refractivity contribution is 0.474. The van der Waals surface area contributed by atoms with Gasteiger partial charge in [0.1, 0.15) is 17.2 Å². The molecule has 6 rings (SSSR count). The van der Waals surface area contributed by atoms with Crippen molar-refractivity contribution in [3.8, 4) is 17.2 Å². The maximum atomic E-state index is 9.37. The second kappa shape index (κ2) is 12.0. The number of benzene rings is 6. The Kier molecular flexibility index (Phi) is 8.30. The van der Waals surface area contributed by atoms with E-state index in [1.54, 1.807) is 30.3 Å². The fourth-order valence-corrected chi connectivity index (χ4v) is 4.28. The first kappa shape index (κ1) is 26.3. The van der Waals surface area contributed by atoms with Crippen molar-refractivity contribution in [2.45, 2.75) is 19.3 Å². The Morgan fingerprint density at radius 1 is 0.421 bits per heavy atom. The summed E-state index contributed by atoms with van der Waals surface area (Å²) in [6.07, 6.45) is 0. The van der Waals surface area contributed by atoms with Gasteiger partial charge in [0.2, 0.25) is 0 Å². The van der Waals surface area contributed by atoms with Gasteiger partial charge in [-0.3, -0.25) is 0 Å². The molecule has 0 aliphatic carbocycles. The Balaban J connectivity index is 0.000000136. The molecule has 6 aromatic carbocycles. The van der Waals surface area contributed by atoms with Crippen LogP contribution < -0.4 is 0 Å². The molecular weight excluding hydrogens is 468 g/mol. The van der Waals surface area contributed by atoms with Gasteiger partial charge in [-0.25, -0.2) is 0 Å². The van der Waals surface area contributed by atoms with Gasteiger partial charge in [-0.05, 0) is 57.6 Å². The van der Waals surface area contributed by atoms with E-state index >= 15 is 0 Å². The van der Waals surface area contributed by atoms with Crippen molar-refractivity contribution in [1.82, 2.24) is 0 Å². The number of phenols is 3. The molecule has 0 radical (unpaired) electrons. The molecule has 3 N–H and O–H groups in total. The number of hydrogen-bond acceptors (Lipinski definition) is 3. The van der Waals surface area contributed by atoms with Gasteiger partial charge in [-0.2, -0.15) is 0 Å². The Morgan fingerprint density at radius 3 is 1.63 bits per heavy atom. The van der Waals surface area contributed by atoms with Gasteiger partial charge in [0.05, 0.1) is 0 Å². The monoisotopic (exact) mass is 500 g/mol. The van der Waals surface area contributed by atoms with E-state index < -0.39 is 0 Å². The zero-order valence-corrected chi connectivity index (χ0v) is 21.6. The minimum atomic E-state index is -0.0328. The highest BCUT2D eigenvalue weighted by Crippen LogP contribution is 2.32. The van der Waals surface area contributed by atoms with Gasteiger partial charge in [-0.1, -0.05) is 123 Å². The predicted molar refractivity (Wildman–Crippen MR) is 158 cm³/mol. The summed E-state index contributed by atoms with van der Waals surface area (Å²) in [6, 6.07) is 44.4. The van der Waals surface area contributed by atoms with Crippen molar-refractivity contribution in [2.75, 3.05) is 0 Å². The third kappa shape index (κ3) is 6.51. The minimum absolute atomic E-state index is 0.0328. The zero-order chi connectivity index (χ0) is 27.0. The summed E-state index contributed by atoms with van der Waals surface area (Å²) >= 11 is 0. The SMILES string of the molecule is CC(C)(c1ccccc1)c1ccc(O)cc1.Oc1ccc2ccccc2c1.Oc1cccc2ccccc12. The normalized spacial score (nSPS) is 10.7. The summed E-state index contributed by atoms with van der Waals surface area (Å²) in [7, 11) is 0. The fraction of sp³-hybridized carbons (Fsp3) is 0.0857. The highest BCUT2D eigenvalue weighted by Gasteiger charge is 2.22. The Bertz CT molecular complexity index is 1590. The molecular formula is C35H32O3. The molecule has 0 aliphatic rings. The quantitative estimate of drug-likeness (QED) is 0.223. The molecule has 0 amide bonds. The average molecular weight is 501 g/mol. The van der Waals surface area contributed by atoms with Gasteiger partial charge < -0.3 is 15.3 Å². The second-order valence-corrected chi connectivity index (χ2v) is 9.57. The number of fused-ring (bicyclic) bond motifs is 2. The molecule has 0 saturated heterocycles. The lowest BCUT2D eigenvalue weighted by Gasteiger charge is -2.26. The molecule has 190 valence electrons. The van der Waals surface area contributed by atoms with Gasteiger partial charge in [0.25, 0.3) is 0 Å². The van der Waals surface area contributed by atoms with E-state index in [1.165, 1.54) is 11.1 Å². The van der Waals surface area contributed by atoms with Crippen LogP contribution in [0.3, 0.4) is 0 Å². The standard InChI is InChI=1S/C15H16O.2C10H8O/c1-15(2,12-6-4-3-5-7-12)13-8-10-14(16)11-9-13;11-10-7-3-5-8-4-1-2-6-9(8)10;11-10-6-5-8-3-1-2-4-9(8)7-10/h3-11,16H,1-2H3;2*1-7,11H. The molecule has 0 atom stereocenters. The van der Waals surface area contributed by atoms with Crippen molar-refractivity contribution >= 4 is 21.5 Å². The Morgan fingerprint density at radius 2 is 0.947 bits per heavy atom. The van der Waals surface area contributed by atoms with Crippen molar-refractivity contribution in [2.24, 2.45) is 0 Å². The van der Waals surface area contributed by atoms with Crippen LogP contribution in [0.2, 0.25) is 0 Å². The van der Waals surface area contributed by atoms with E-state index in [1.807, 2.05) is 84.9 Å². The number of hydrogen-bond donors (Lipinski definition) is 3. The van der Waals surface area contributed by atoms with Crippen LogP contribution in [0.25, 0.3) is 21.5 Å². The summed E-state index contributed by atoms with van der Waals surface area (Å²) < 4.78 is 0. The molecule has 3 heteroatoms. The van der Waals surface area contributed by atoms with E-state index in [4.69, 9.17) is 5.11 Å². The molecule has 0 bridgehead atoms. The third-order valence-corrected chi connectivity index (χ3v) is 6.58. The second-order valence-electron chi connectivity index (χ2n) is 9.57. The number of aromatic hydroxyl groups is 3. The molecule has 0 spiro atoms. The number of rotatable bonds is 2. The summed E-state index contributed by atoms with van der Waals surface area (Å²) in [4.78, 5) is 0. The molecule has 3 nitrogen and oxygen atoms in total. The van der Waals surface area contributed by atoms with Crippen molar-refractivity contribution in [3.05, 3.63) is 151 Å². The molecule has 0 saturated carbocycles. The van der Waals surface area contributed by atoms with Gasteiger partial charge >= 0.3 is 0 Å². The van der Waals surface area contributed by atoms with E-state index in [0.29, 0.717) is 17.2 Å². The summed E-state index contributed by atoms with van der Waals surface area (Å²) in [6.45, 7) is 4.38. The van der Waals surface area contributed by atoms with Crippen LogP contribution in [0.1, 0.15) is 25.0 Å². The lowest BCUT2D eigenvalue weighted by atomic mass is 9.78. The van der Waals surface area contributed by atoms with Crippen molar-refractivity contribution in [1.29, 1.82) is 0 Å². The van der Waals surface area contributed by atoms with E-state index in [9.17, 15) is 10.2 Å². The van der Waals surface area contributed by atoms with Crippen LogP contribution >= 0.6 is 0 Å². The van der Waals surface area contributed by atoms with Crippen LogP contribution in [-0.2, 0) is 5.41 Å². The average Bonchev–Trinajstić information content (AvgIpc) is 2.95. The molecule has 38 heavy (non-hydrogen) atoms. The van der Waals surface area contributed by atoms with Gasteiger partial charge in [0, 0.05) is 10.8 Å². The zero-order valence-electron chi connectivity index (χ0n) is 21.6. The molecule has 0 fully saturated rings. The van der Waals surface area contributed by atoms with Crippen LogP contribution in [0, 0.1) is 0 Å². The first-order valence-corrected chi connectivity index (χ1v) is 12.5. The predicted octanol–water partition coefficient (Wildman–Crippen LogP) is 8.81. The topological polar surface area (TPSA) is 60.7 Å². The van der Waals surface area contributed by atoms with Crippen molar-refractivity contribution in [3.63, 3.8) is 0 Å². The number of phenolic OH excluding ortho intramolecular Hbond substituents is 3. The Labute approximate surface area is 223 Å². The fourth-order valence-electron chi connectivity index (χ4n) is 4.28. The van der Waals surface area contributed by atoms with Gasteiger partial charge in [-0.15, -0.1) is 0 Å². The van der Waals surface area contributed by atoms with E-state index in [2.05, 4.69) is 38.1 Å². The largest absolute Gasteiger partial charge is 0.508 e. The first-order valence-electron chi connectivity index (χ1n) is 12.5. The van der Waals surface area contributed by atoms with Crippen LogP contribution in [0.4, 0.5) is 0 Å². The van der Waals surface area contributed by atoms with E-state index in [-0.39, 0.29) is 5.41 Å². The molecule has 6 aromatic rings. The summed E-state index contributed by atoms with van der Waals surface area (Å²) in [5.74, 6) is 0.986. The molecule has 0 unspecified atom stereocenters. The molecule has 0 aliphatic heterocycles. The smallest absolute Gasteiger partial charge is 0.123 e. The maximum absolute atomic E-state index is 9.37. The summed E-state index contributed by atoms with van der Waals surface area (Å²) in [5, 5.41) is 32.0. The van der Waals surface area contributed by atoms with Crippen LogP contribution in [0.5, 0.6) is 17.2 Å². The van der Waals surface area contributed by atoms with Crippen LogP contribution in [-0.4, -0.2) is 15.3 Å². The third-order valence-electron chi connectivity index (χ3n) is 6.58. The highest BCUT2D eigenvalue weighted by molar-refractivity contribution is 5.87. The lowest BCUT2D eigenvalue weighted by Crippen LogP contribution is -2.18. The molecule has 0 aromatic heterocycles. The van der Waals surface area contributed by atoms with Crippen LogP contribution in [0.15, 0.2) is 140 Å².